The molecule has 0 atom stereocenters. The van der Waals surface area contributed by atoms with Crippen molar-refractivity contribution in [1.29, 1.82) is 0 Å². The first-order valence-electron chi connectivity index (χ1n) is 13.6. The maximum Gasteiger partial charge on any atom is 0.0905 e. The first-order valence-corrected chi connectivity index (χ1v) is 13.6. The maximum absolute atomic E-state index is 3.73. The van der Waals surface area contributed by atoms with Crippen molar-refractivity contribution in [2.45, 2.75) is 0 Å². The van der Waals surface area contributed by atoms with Crippen LogP contribution in [0.3, 0.4) is 0 Å². The second kappa shape index (κ2) is 12.5. The zero-order valence-corrected chi connectivity index (χ0v) is 22.5. The average Bonchev–Trinajstić information content (AvgIpc) is 3.03. The van der Waals surface area contributed by atoms with Crippen LogP contribution in [0.25, 0.3) is 0 Å². The highest BCUT2D eigenvalue weighted by Crippen LogP contribution is 2.48. The van der Waals surface area contributed by atoms with Crippen molar-refractivity contribution in [2.75, 3.05) is 26.6 Å². The van der Waals surface area contributed by atoms with Crippen LogP contribution < -0.4 is 26.6 Å². The van der Waals surface area contributed by atoms with Gasteiger partial charge in [0.2, 0.25) is 0 Å². The highest BCUT2D eigenvalue weighted by Gasteiger charge is 2.20. The highest BCUT2D eigenvalue weighted by molar-refractivity contribution is 6.04. The van der Waals surface area contributed by atoms with Crippen LogP contribution in [0.1, 0.15) is 0 Å². The number of hydrogen-bond acceptors (Lipinski definition) is 5. The standard InChI is InChI=1S/C36H31N5/c1-6-16-27(17-7-1)37-32-26-33(38-28-18-8-2-9-19-28)35(40-30-22-12-4-13-23-30)36(41-31-24-14-5-15-25-31)34(32)39-29-20-10-3-11-21-29/h1-26,37-41H. The molecule has 5 N–H and O–H groups in total. The van der Waals surface area contributed by atoms with E-state index < -0.39 is 0 Å². The monoisotopic (exact) mass is 533 g/mol. The summed E-state index contributed by atoms with van der Waals surface area (Å²) in [6.45, 7) is 0. The van der Waals surface area contributed by atoms with Gasteiger partial charge < -0.3 is 26.6 Å². The molecule has 200 valence electrons. The van der Waals surface area contributed by atoms with Gasteiger partial charge in [-0.2, -0.15) is 0 Å². The van der Waals surface area contributed by atoms with Crippen LogP contribution in [0.5, 0.6) is 0 Å². The Morgan fingerprint density at radius 3 is 0.780 bits per heavy atom. The van der Waals surface area contributed by atoms with Crippen LogP contribution in [-0.2, 0) is 0 Å². The van der Waals surface area contributed by atoms with E-state index in [-0.39, 0.29) is 0 Å². The first kappa shape index (κ1) is 25.6. The minimum Gasteiger partial charge on any atom is -0.354 e. The summed E-state index contributed by atoms with van der Waals surface area (Å²) in [6.07, 6.45) is 0. The number of para-hydroxylation sites is 5. The lowest BCUT2D eigenvalue weighted by Gasteiger charge is -2.26. The fraction of sp³-hybridized carbons (Fsp3) is 0. The first-order chi connectivity index (χ1) is 20.3. The van der Waals surface area contributed by atoms with E-state index in [0.717, 1.165) is 56.9 Å². The fourth-order valence-electron chi connectivity index (χ4n) is 4.62. The minimum absolute atomic E-state index is 0.892. The number of anilines is 10. The predicted octanol–water partition coefficient (Wildman–Crippen LogP) is 10.4. The number of rotatable bonds is 10. The number of nitrogens with one attached hydrogen (secondary N) is 5. The highest BCUT2D eigenvalue weighted by atomic mass is 15.1. The Kier molecular flexibility index (Phi) is 7.77. The third-order valence-corrected chi connectivity index (χ3v) is 6.56. The van der Waals surface area contributed by atoms with Gasteiger partial charge in [-0.05, 0) is 66.7 Å². The molecular weight excluding hydrogens is 502 g/mol. The molecule has 6 aromatic rings. The lowest BCUT2D eigenvalue weighted by molar-refractivity contribution is 1.44. The van der Waals surface area contributed by atoms with Crippen LogP contribution in [0, 0.1) is 0 Å². The van der Waals surface area contributed by atoms with Gasteiger partial charge in [0.1, 0.15) is 0 Å². The Morgan fingerprint density at radius 1 is 0.244 bits per heavy atom. The van der Waals surface area contributed by atoms with Crippen LogP contribution in [0.15, 0.2) is 158 Å². The van der Waals surface area contributed by atoms with Gasteiger partial charge in [-0.15, -0.1) is 0 Å². The van der Waals surface area contributed by atoms with E-state index in [1.165, 1.54) is 0 Å². The van der Waals surface area contributed by atoms with Gasteiger partial charge in [0.05, 0.1) is 28.4 Å². The normalized spacial score (nSPS) is 10.4. The minimum atomic E-state index is 0.892. The lowest BCUT2D eigenvalue weighted by atomic mass is 10.1. The largest absolute Gasteiger partial charge is 0.354 e. The van der Waals surface area contributed by atoms with Crippen LogP contribution >= 0.6 is 0 Å². The van der Waals surface area contributed by atoms with E-state index in [2.05, 4.69) is 93.3 Å². The summed E-state index contributed by atoms with van der Waals surface area (Å²) in [5.41, 5.74) is 9.44. The molecule has 41 heavy (non-hydrogen) atoms. The summed E-state index contributed by atoms with van der Waals surface area (Å²) in [4.78, 5) is 0. The average molecular weight is 534 g/mol. The summed E-state index contributed by atoms with van der Waals surface area (Å²) in [7, 11) is 0. The van der Waals surface area contributed by atoms with Crippen LogP contribution in [-0.4, -0.2) is 0 Å². The van der Waals surface area contributed by atoms with E-state index in [1.807, 2.05) is 91.0 Å². The van der Waals surface area contributed by atoms with Gasteiger partial charge in [0.15, 0.2) is 0 Å². The SMILES string of the molecule is c1ccc(Nc2cc(Nc3ccccc3)c(Nc3ccccc3)c(Nc3ccccc3)c2Nc2ccccc2)cc1. The zero-order chi connectivity index (χ0) is 27.7. The van der Waals surface area contributed by atoms with Gasteiger partial charge in [0, 0.05) is 28.4 Å². The molecule has 0 aliphatic carbocycles. The Hall–Kier alpha value is -5.68. The van der Waals surface area contributed by atoms with E-state index in [9.17, 15) is 0 Å². The van der Waals surface area contributed by atoms with Crippen molar-refractivity contribution in [3.63, 3.8) is 0 Å². The van der Waals surface area contributed by atoms with Crippen molar-refractivity contribution >= 4 is 56.9 Å². The number of benzene rings is 6. The molecule has 0 aromatic heterocycles. The molecule has 0 unspecified atom stereocenters. The molecule has 0 bridgehead atoms. The summed E-state index contributed by atoms with van der Waals surface area (Å²) in [5.74, 6) is 0. The Balaban J connectivity index is 1.58. The summed E-state index contributed by atoms with van der Waals surface area (Å²) < 4.78 is 0. The maximum atomic E-state index is 3.73. The molecule has 0 saturated carbocycles. The topological polar surface area (TPSA) is 60.1 Å². The van der Waals surface area contributed by atoms with E-state index in [4.69, 9.17) is 0 Å². The smallest absolute Gasteiger partial charge is 0.0905 e. The Labute approximate surface area is 240 Å². The fourth-order valence-corrected chi connectivity index (χ4v) is 4.62. The number of hydrogen-bond donors (Lipinski definition) is 5. The van der Waals surface area contributed by atoms with Crippen LogP contribution in [0.4, 0.5) is 56.9 Å². The Bertz CT molecular complexity index is 1570. The summed E-state index contributed by atoms with van der Waals surface area (Å²) in [5, 5.41) is 18.5. The van der Waals surface area contributed by atoms with Crippen LogP contribution in [0.2, 0.25) is 0 Å². The van der Waals surface area contributed by atoms with Crippen molar-refractivity contribution in [1.82, 2.24) is 0 Å². The molecule has 0 fully saturated rings. The van der Waals surface area contributed by atoms with E-state index in [1.54, 1.807) is 0 Å². The molecule has 6 aromatic carbocycles. The third kappa shape index (κ3) is 6.49. The van der Waals surface area contributed by atoms with Gasteiger partial charge in [-0.3, -0.25) is 0 Å². The van der Waals surface area contributed by atoms with E-state index >= 15 is 0 Å². The van der Waals surface area contributed by atoms with E-state index in [0.29, 0.717) is 0 Å². The molecule has 0 amide bonds. The molecule has 0 heterocycles. The molecule has 0 spiro atoms. The van der Waals surface area contributed by atoms with Crippen molar-refractivity contribution in [3.05, 3.63) is 158 Å². The lowest BCUT2D eigenvalue weighted by Crippen LogP contribution is -2.08. The molecule has 5 nitrogen and oxygen atoms in total. The molecule has 0 aliphatic rings. The predicted molar refractivity (Wildman–Crippen MR) is 175 cm³/mol. The molecule has 0 radical (unpaired) electrons. The third-order valence-electron chi connectivity index (χ3n) is 6.56. The van der Waals surface area contributed by atoms with Gasteiger partial charge in [-0.1, -0.05) is 91.0 Å². The van der Waals surface area contributed by atoms with Gasteiger partial charge in [-0.25, -0.2) is 0 Å². The van der Waals surface area contributed by atoms with Crippen molar-refractivity contribution in [2.24, 2.45) is 0 Å². The summed E-state index contributed by atoms with van der Waals surface area (Å²) >= 11 is 0. The molecule has 6 rings (SSSR count). The summed E-state index contributed by atoms with van der Waals surface area (Å²) in [6, 6.07) is 53.3. The molecule has 0 saturated heterocycles. The van der Waals surface area contributed by atoms with Gasteiger partial charge in [0.25, 0.3) is 0 Å². The Morgan fingerprint density at radius 2 is 0.488 bits per heavy atom. The zero-order valence-electron chi connectivity index (χ0n) is 22.5. The van der Waals surface area contributed by atoms with Crippen molar-refractivity contribution in [3.8, 4) is 0 Å². The second-order valence-corrected chi connectivity index (χ2v) is 9.55. The second-order valence-electron chi connectivity index (χ2n) is 9.55. The molecule has 0 aliphatic heterocycles. The molecular formula is C36H31N5. The van der Waals surface area contributed by atoms with Crippen molar-refractivity contribution < 1.29 is 0 Å². The van der Waals surface area contributed by atoms with Gasteiger partial charge >= 0.3 is 0 Å². The molecule has 5 heteroatoms. The quantitative estimate of drug-likeness (QED) is 0.121.